The van der Waals surface area contributed by atoms with Crippen molar-refractivity contribution in [3.63, 3.8) is 0 Å². The van der Waals surface area contributed by atoms with Crippen molar-refractivity contribution in [2.75, 3.05) is 0 Å². The maximum atomic E-state index is 12.6. The van der Waals surface area contributed by atoms with Gasteiger partial charge < -0.3 is 5.32 Å². The Balaban J connectivity index is 1.51. The Morgan fingerprint density at radius 2 is 1.96 bits per heavy atom. The van der Waals surface area contributed by atoms with Gasteiger partial charge in [0.1, 0.15) is 5.56 Å². The molecule has 130 valence electrons. The number of hydrogen-bond acceptors (Lipinski definition) is 4. The van der Waals surface area contributed by atoms with Gasteiger partial charge in [0.15, 0.2) is 5.65 Å². The largest absolute Gasteiger partial charge is 0.348 e. The Kier molecular flexibility index (Phi) is 4.18. The molecule has 4 rings (SSSR count). The number of aromatic nitrogens is 5. The maximum absolute atomic E-state index is 12.6. The zero-order valence-corrected chi connectivity index (χ0v) is 14.3. The molecule has 7 nitrogen and oxygen atoms in total. The molecular formula is C19H18N6O. The highest BCUT2D eigenvalue weighted by atomic mass is 16.1. The topological polar surface area (TPSA) is 77.1 Å². The van der Waals surface area contributed by atoms with Crippen molar-refractivity contribution in [1.82, 2.24) is 29.7 Å². The molecule has 4 aromatic rings. The summed E-state index contributed by atoms with van der Waals surface area (Å²) in [6.07, 6.45) is 8.80. The van der Waals surface area contributed by atoms with Crippen LogP contribution in [0.4, 0.5) is 0 Å². The van der Waals surface area contributed by atoms with Crippen LogP contribution in [0.15, 0.2) is 61.3 Å². The Hall–Kier alpha value is -3.48. The van der Waals surface area contributed by atoms with E-state index >= 15 is 0 Å². The lowest BCUT2D eigenvalue weighted by Crippen LogP contribution is -2.23. The molecule has 7 heteroatoms. The van der Waals surface area contributed by atoms with Gasteiger partial charge in [0, 0.05) is 31.3 Å². The van der Waals surface area contributed by atoms with Gasteiger partial charge in [0.05, 0.1) is 12.7 Å². The van der Waals surface area contributed by atoms with Crippen LogP contribution in [0.1, 0.15) is 27.0 Å². The number of aryl methyl sites for hydroxylation is 1. The molecule has 0 saturated carbocycles. The fourth-order valence-electron chi connectivity index (χ4n) is 2.85. The molecule has 0 saturated heterocycles. The quantitative estimate of drug-likeness (QED) is 0.601. The molecule has 0 fully saturated rings. The lowest BCUT2D eigenvalue weighted by molar-refractivity contribution is 0.0952. The fraction of sp³-hybridized carbons (Fsp3) is 0.158. The average Bonchev–Trinajstić information content (AvgIpc) is 3.30. The summed E-state index contributed by atoms with van der Waals surface area (Å²) in [5, 5.41) is 11.4. The number of fused-ring (bicyclic) bond motifs is 1. The van der Waals surface area contributed by atoms with Crippen LogP contribution in [0, 0.1) is 6.92 Å². The summed E-state index contributed by atoms with van der Waals surface area (Å²) < 4.78 is 3.48. The van der Waals surface area contributed by atoms with Gasteiger partial charge in [-0.05, 0) is 29.7 Å². The lowest BCUT2D eigenvalue weighted by atomic mass is 10.1. The Morgan fingerprint density at radius 1 is 1.12 bits per heavy atom. The highest BCUT2D eigenvalue weighted by Crippen LogP contribution is 2.12. The fourth-order valence-corrected chi connectivity index (χ4v) is 2.85. The zero-order valence-electron chi connectivity index (χ0n) is 14.3. The third-order valence-corrected chi connectivity index (χ3v) is 4.18. The van der Waals surface area contributed by atoms with Crippen LogP contribution in [-0.4, -0.2) is 30.3 Å². The second kappa shape index (κ2) is 6.79. The second-order valence-electron chi connectivity index (χ2n) is 6.11. The average molecular weight is 346 g/mol. The molecule has 1 aromatic carbocycles. The molecule has 0 radical (unpaired) electrons. The Morgan fingerprint density at radius 3 is 2.77 bits per heavy atom. The molecule has 1 N–H and O–H groups in total. The maximum Gasteiger partial charge on any atom is 0.257 e. The number of nitrogens with zero attached hydrogens (tertiary/aromatic N) is 5. The number of rotatable bonds is 5. The third-order valence-electron chi connectivity index (χ3n) is 4.18. The Bertz CT molecular complexity index is 1050. The smallest absolute Gasteiger partial charge is 0.257 e. The van der Waals surface area contributed by atoms with E-state index in [4.69, 9.17) is 0 Å². The molecular weight excluding hydrogens is 328 g/mol. The van der Waals surface area contributed by atoms with Crippen molar-refractivity contribution in [2.24, 2.45) is 0 Å². The van der Waals surface area contributed by atoms with Crippen molar-refractivity contribution >= 4 is 11.6 Å². The van der Waals surface area contributed by atoms with Gasteiger partial charge in [0.25, 0.3) is 5.91 Å². The number of amides is 1. The molecule has 0 spiro atoms. The van der Waals surface area contributed by atoms with Gasteiger partial charge >= 0.3 is 0 Å². The standard InChI is InChI=1S/C19H18N6O/c1-14-9-20-18-17(11-23-25(18)12-14)19(26)21-10-15-5-2-3-6-16(15)13-24-8-4-7-22-24/h2-9,11-12H,10,13H2,1H3,(H,21,26). The predicted molar refractivity (Wildman–Crippen MR) is 96.7 cm³/mol. The summed E-state index contributed by atoms with van der Waals surface area (Å²) in [4.78, 5) is 16.9. The van der Waals surface area contributed by atoms with Gasteiger partial charge in [0.2, 0.25) is 0 Å². The molecule has 3 heterocycles. The van der Waals surface area contributed by atoms with Crippen molar-refractivity contribution < 1.29 is 4.79 Å². The van der Waals surface area contributed by atoms with E-state index in [0.29, 0.717) is 24.3 Å². The van der Waals surface area contributed by atoms with E-state index < -0.39 is 0 Å². The SMILES string of the molecule is Cc1cnc2c(C(=O)NCc3ccccc3Cn3cccn3)cnn2c1. The number of hydrogen-bond donors (Lipinski definition) is 1. The van der Waals surface area contributed by atoms with Crippen LogP contribution in [0.25, 0.3) is 5.65 Å². The van der Waals surface area contributed by atoms with E-state index in [2.05, 4.69) is 20.5 Å². The minimum atomic E-state index is -0.190. The molecule has 26 heavy (non-hydrogen) atoms. The summed E-state index contributed by atoms with van der Waals surface area (Å²) >= 11 is 0. The van der Waals surface area contributed by atoms with Crippen molar-refractivity contribution in [3.05, 3.63) is 83.6 Å². The highest BCUT2D eigenvalue weighted by molar-refractivity contribution is 5.99. The first-order valence-electron chi connectivity index (χ1n) is 8.33. The molecule has 0 unspecified atom stereocenters. The first-order chi connectivity index (χ1) is 12.7. The monoisotopic (exact) mass is 346 g/mol. The van der Waals surface area contributed by atoms with E-state index in [1.165, 1.54) is 0 Å². The number of carbonyl (C=O) groups excluding carboxylic acids is 1. The van der Waals surface area contributed by atoms with Crippen LogP contribution >= 0.6 is 0 Å². The number of nitrogens with one attached hydrogen (secondary N) is 1. The number of benzene rings is 1. The van der Waals surface area contributed by atoms with E-state index in [9.17, 15) is 4.79 Å². The highest BCUT2D eigenvalue weighted by Gasteiger charge is 2.14. The second-order valence-corrected chi connectivity index (χ2v) is 6.11. The lowest BCUT2D eigenvalue weighted by Gasteiger charge is -2.10. The van der Waals surface area contributed by atoms with Crippen LogP contribution in [0.2, 0.25) is 0 Å². The van der Waals surface area contributed by atoms with Crippen LogP contribution < -0.4 is 5.32 Å². The van der Waals surface area contributed by atoms with Gasteiger partial charge in [-0.2, -0.15) is 10.2 Å². The normalized spacial score (nSPS) is 11.0. The van der Waals surface area contributed by atoms with Gasteiger partial charge in [-0.15, -0.1) is 0 Å². The van der Waals surface area contributed by atoms with Crippen molar-refractivity contribution in [1.29, 1.82) is 0 Å². The van der Waals surface area contributed by atoms with E-state index in [1.54, 1.807) is 23.1 Å². The molecule has 1 amide bonds. The summed E-state index contributed by atoms with van der Waals surface area (Å²) in [6, 6.07) is 9.90. The first-order valence-corrected chi connectivity index (χ1v) is 8.33. The minimum Gasteiger partial charge on any atom is -0.348 e. The summed E-state index contributed by atoms with van der Waals surface area (Å²) in [5.41, 5.74) is 4.18. The predicted octanol–water partition coefficient (Wildman–Crippen LogP) is 2.21. The summed E-state index contributed by atoms with van der Waals surface area (Å²) in [5.74, 6) is -0.190. The third kappa shape index (κ3) is 3.19. The first kappa shape index (κ1) is 16.0. The van der Waals surface area contributed by atoms with Crippen LogP contribution in [-0.2, 0) is 13.1 Å². The molecule has 3 aromatic heterocycles. The molecule has 0 aliphatic carbocycles. The van der Waals surface area contributed by atoms with Crippen LogP contribution in [0.5, 0.6) is 0 Å². The summed E-state index contributed by atoms with van der Waals surface area (Å²) in [6.45, 7) is 3.03. The van der Waals surface area contributed by atoms with Gasteiger partial charge in [-0.1, -0.05) is 24.3 Å². The molecule has 0 aliphatic heterocycles. The van der Waals surface area contributed by atoms with Crippen molar-refractivity contribution in [2.45, 2.75) is 20.0 Å². The summed E-state index contributed by atoms with van der Waals surface area (Å²) in [7, 11) is 0. The van der Waals surface area contributed by atoms with Gasteiger partial charge in [-0.3, -0.25) is 9.48 Å². The van der Waals surface area contributed by atoms with Gasteiger partial charge in [-0.25, -0.2) is 9.50 Å². The van der Waals surface area contributed by atoms with Crippen LogP contribution in [0.3, 0.4) is 0 Å². The van der Waals surface area contributed by atoms with E-state index in [1.807, 2.05) is 54.3 Å². The Labute approximate surface area is 150 Å². The molecule has 0 atom stereocenters. The zero-order chi connectivity index (χ0) is 17.9. The number of carbonyl (C=O) groups is 1. The van der Waals surface area contributed by atoms with Crippen molar-refractivity contribution in [3.8, 4) is 0 Å². The van der Waals surface area contributed by atoms with E-state index in [0.717, 1.165) is 16.7 Å². The minimum absolute atomic E-state index is 0.190. The molecule has 0 bridgehead atoms. The molecule has 0 aliphatic rings. The van der Waals surface area contributed by atoms with E-state index in [-0.39, 0.29) is 5.91 Å².